The maximum Gasteiger partial charge on any atom is 0.238 e. The predicted octanol–water partition coefficient (Wildman–Crippen LogP) is 2.68. The van der Waals surface area contributed by atoms with E-state index in [1.807, 2.05) is 30.3 Å². The van der Waals surface area contributed by atoms with Gasteiger partial charge in [-0.3, -0.25) is 4.79 Å². The highest BCUT2D eigenvalue weighted by Crippen LogP contribution is 2.33. The van der Waals surface area contributed by atoms with E-state index in [1.54, 1.807) is 12.1 Å². The Kier molecular flexibility index (Phi) is 5.30. The van der Waals surface area contributed by atoms with Crippen LogP contribution in [0.1, 0.15) is 16.4 Å². The molecular formula is C17H16FN5OS. The molecule has 0 spiro atoms. The lowest BCUT2D eigenvalue weighted by Gasteiger charge is -2.15. The van der Waals surface area contributed by atoms with Crippen LogP contribution >= 0.6 is 11.8 Å². The van der Waals surface area contributed by atoms with E-state index in [9.17, 15) is 9.18 Å². The first-order chi connectivity index (χ1) is 12.1. The fraction of sp³-hybridized carbons (Fsp3) is 0.118. The minimum atomic E-state index is -0.531. The minimum Gasteiger partial charge on any atom is -0.368 e. The molecule has 128 valence electrons. The zero-order chi connectivity index (χ0) is 17.6. The summed E-state index contributed by atoms with van der Waals surface area (Å²) in [6.45, 7) is 0.305. The van der Waals surface area contributed by atoms with Crippen LogP contribution in [0, 0.1) is 5.82 Å². The van der Waals surface area contributed by atoms with Crippen LogP contribution in [0.5, 0.6) is 0 Å². The van der Waals surface area contributed by atoms with E-state index >= 15 is 0 Å². The number of amides is 1. The van der Waals surface area contributed by atoms with Gasteiger partial charge in [-0.1, -0.05) is 54.2 Å². The number of halogens is 1. The number of thioether (sulfide) groups is 1. The van der Waals surface area contributed by atoms with E-state index < -0.39 is 5.25 Å². The van der Waals surface area contributed by atoms with Crippen molar-refractivity contribution in [2.24, 2.45) is 0 Å². The second kappa shape index (κ2) is 7.80. The average molecular weight is 357 g/mol. The molecule has 1 heterocycles. The number of rotatable bonds is 6. The maximum absolute atomic E-state index is 13.0. The molecule has 0 aliphatic carbocycles. The minimum absolute atomic E-state index is 0.191. The van der Waals surface area contributed by atoms with Crippen molar-refractivity contribution in [3.63, 3.8) is 0 Å². The molecule has 0 saturated carbocycles. The van der Waals surface area contributed by atoms with Crippen LogP contribution in [-0.4, -0.2) is 21.1 Å². The Bertz CT molecular complexity index is 838. The zero-order valence-electron chi connectivity index (χ0n) is 13.1. The Morgan fingerprint density at radius 1 is 1.20 bits per heavy atom. The number of hydrogen-bond donors (Lipinski definition) is 3. The third-order valence-corrected chi connectivity index (χ3v) is 4.54. The Morgan fingerprint density at radius 2 is 1.92 bits per heavy atom. The van der Waals surface area contributed by atoms with Gasteiger partial charge < -0.3 is 11.1 Å². The Hall–Kier alpha value is -2.87. The Labute approximate surface area is 148 Å². The van der Waals surface area contributed by atoms with Gasteiger partial charge in [0, 0.05) is 6.54 Å². The lowest BCUT2D eigenvalue weighted by Crippen LogP contribution is -2.27. The summed E-state index contributed by atoms with van der Waals surface area (Å²) >= 11 is 1.20. The van der Waals surface area contributed by atoms with Crippen molar-refractivity contribution in [2.45, 2.75) is 17.0 Å². The van der Waals surface area contributed by atoms with Crippen molar-refractivity contribution in [1.82, 2.24) is 20.5 Å². The number of nitrogens with two attached hydrogens (primary N) is 1. The molecular weight excluding hydrogens is 341 g/mol. The molecule has 1 amide bonds. The van der Waals surface area contributed by atoms with Gasteiger partial charge in [-0.05, 0) is 23.3 Å². The fourth-order valence-corrected chi connectivity index (χ4v) is 3.14. The number of hydrogen-bond acceptors (Lipinski definition) is 5. The SMILES string of the molecule is Nc1nc(S[C@H](C(=O)NCc2ccc(F)cc2)c2ccccc2)n[nH]1. The van der Waals surface area contributed by atoms with Crippen LogP contribution < -0.4 is 11.1 Å². The first-order valence-corrected chi connectivity index (χ1v) is 8.41. The first kappa shape index (κ1) is 17.0. The lowest BCUT2D eigenvalue weighted by atomic mass is 10.1. The van der Waals surface area contributed by atoms with E-state index in [2.05, 4.69) is 20.5 Å². The molecule has 8 heteroatoms. The Balaban J connectivity index is 1.73. The fourth-order valence-electron chi connectivity index (χ4n) is 2.20. The van der Waals surface area contributed by atoms with E-state index in [0.29, 0.717) is 11.7 Å². The summed E-state index contributed by atoms with van der Waals surface area (Å²) in [4.78, 5) is 16.7. The normalized spacial score (nSPS) is 11.9. The molecule has 3 aromatic rings. The second-order valence-electron chi connectivity index (χ2n) is 5.26. The molecule has 0 aliphatic heterocycles. The van der Waals surface area contributed by atoms with Crippen molar-refractivity contribution in [1.29, 1.82) is 0 Å². The average Bonchev–Trinajstić information content (AvgIpc) is 3.05. The standard InChI is InChI=1S/C17H16FN5OS/c18-13-8-6-11(7-9-13)10-20-15(24)14(12-4-2-1-3-5-12)25-17-21-16(19)22-23-17/h1-9,14H,10H2,(H,20,24)(H3,19,21,22,23)/t14-/m0/s1. The number of nitrogens with zero attached hydrogens (tertiary/aromatic N) is 2. The van der Waals surface area contributed by atoms with Crippen LogP contribution in [0.3, 0.4) is 0 Å². The van der Waals surface area contributed by atoms with Gasteiger partial charge in [0.2, 0.25) is 17.0 Å². The zero-order valence-corrected chi connectivity index (χ0v) is 14.0. The van der Waals surface area contributed by atoms with Gasteiger partial charge in [-0.15, -0.1) is 5.10 Å². The monoisotopic (exact) mass is 357 g/mol. The number of H-pyrrole nitrogens is 1. The lowest BCUT2D eigenvalue weighted by molar-refractivity contribution is -0.120. The number of aromatic amines is 1. The van der Waals surface area contributed by atoms with E-state index in [0.717, 1.165) is 11.1 Å². The molecule has 6 nitrogen and oxygen atoms in total. The van der Waals surface area contributed by atoms with Crippen molar-refractivity contribution in [3.8, 4) is 0 Å². The Morgan fingerprint density at radius 3 is 2.56 bits per heavy atom. The molecule has 2 aromatic carbocycles. The number of anilines is 1. The quantitative estimate of drug-likeness (QED) is 0.589. The van der Waals surface area contributed by atoms with Gasteiger partial charge in [-0.2, -0.15) is 4.98 Å². The van der Waals surface area contributed by atoms with Crippen molar-refractivity contribution in [2.75, 3.05) is 5.73 Å². The van der Waals surface area contributed by atoms with Crippen LogP contribution in [0.25, 0.3) is 0 Å². The predicted molar refractivity (Wildman–Crippen MR) is 94.1 cm³/mol. The van der Waals surface area contributed by atoms with E-state index in [1.165, 1.54) is 23.9 Å². The third-order valence-electron chi connectivity index (χ3n) is 3.43. The van der Waals surface area contributed by atoms with Gasteiger partial charge in [0.25, 0.3) is 0 Å². The highest BCUT2D eigenvalue weighted by atomic mass is 32.2. The molecule has 0 saturated heterocycles. The van der Waals surface area contributed by atoms with Gasteiger partial charge in [0.1, 0.15) is 11.1 Å². The summed E-state index contributed by atoms with van der Waals surface area (Å²) < 4.78 is 13.0. The third kappa shape index (κ3) is 4.57. The highest BCUT2D eigenvalue weighted by molar-refractivity contribution is 8.00. The van der Waals surface area contributed by atoms with Crippen LogP contribution in [-0.2, 0) is 11.3 Å². The largest absolute Gasteiger partial charge is 0.368 e. The van der Waals surface area contributed by atoms with Gasteiger partial charge in [-0.25, -0.2) is 9.49 Å². The molecule has 0 unspecified atom stereocenters. The summed E-state index contributed by atoms with van der Waals surface area (Å²) in [6, 6.07) is 15.3. The molecule has 0 aliphatic rings. The molecule has 0 fully saturated rings. The number of benzene rings is 2. The van der Waals surface area contributed by atoms with Gasteiger partial charge in [0.15, 0.2) is 0 Å². The summed E-state index contributed by atoms with van der Waals surface area (Å²) in [5.74, 6) is -0.306. The first-order valence-electron chi connectivity index (χ1n) is 7.53. The smallest absolute Gasteiger partial charge is 0.238 e. The maximum atomic E-state index is 13.0. The van der Waals surface area contributed by atoms with Crippen molar-refractivity contribution in [3.05, 3.63) is 71.5 Å². The molecule has 1 aromatic heterocycles. The molecule has 0 bridgehead atoms. The van der Waals surface area contributed by atoms with Gasteiger partial charge in [0.05, 0.1) is 0 Å². The summed E-state index contributed by atoms with van der Waals surface area (Å²) in [5, 5.41) is 9.25. The molecule has 4 N–H and O–H groups in total. The number of carbonyl (C=O) groups is 1. The van der Waals surface area contributed by atoms with Crippen molar-refractivity contribution >= 4 is 23.6 Å². The van der Waals surface area contributed by atoms with Crippen LogP contribution in [0.15, 0.2) is 59.8 Å². The topological polar surface area (TPSA) is 96.7 Å². The number of nitrogens with one attached hydrogen (secondary N) is 2. The summed E-state index contributed by atoms with van der Waals surface area (Å²) in [5.41, 5.74) is 7.18. The van der Waals surface area contributed by atoms with E-state index in [-0.39, 0.29) is 17.7 Å². The highest BCUT2D eigenvalue weighted by Gasteiger charge is 2.23. The second-order valence-corrected chi connectivity index (χ2v) is 6.33. The summed E-state index contributed by atoms with van der Waals surface area (Å²) in [7, 11) is 0. The van der Waals surface area contributed by atoms with Crippen LogP contribution in [0.4, 0.5) is 10.3 Å². The van der Waals surface area contributed by atoms with E-state index in [4.69, 9.17) is 5.73 Å². The number of carbonyl (C=O) groups excluding carboxylic acids is 1. The molecule has 3 rings (SSSR count). The summed E-state index contributed by atoms with van der Waals surface area (Å²) in [6.07, 6.45) is 0. The molecule has 0 radical (unpaired) electrons. The van der Waals surface area contributed by atoms with Gasteiger partial charge >= 0.3 is 0 Å². The molecule has 25 heavy (non-hydrogen) atoms. The number of aromatic nitrogens is 3. The molecule has 1 atom stereocenters. The number of nitrogen functional groups attached to an aromatic ring is 1. The van der Waals surface area contributed by atoms with Crippen LogP contribution in [0.2, 0.25) is 0 Å². The van der Waals surface area contributed by atoms with Crippen molar-refractivity contribution < 1.29 is 9.18 Å².